The number of nitrogens with two attached hydrogens (primary N) is 1. The average molecular weight is 351 g/mol. The number of carboxylic acid groups (broad SMARTS) is 1. The van der Waals surface area contributed by atoms with Gasteiger partial charge in [0.1, 0.15) is 12.2 Å². The van der Waals surface area contributed by atoms with E-state index in [1.54, 1.807) is 24.3 Å². The highest BCUT2D eigenvalue weighted by molar-refractivity contribution is 5.95. The van der Waals surface area contributed by atoms with E-state index >= 15 is 0 Å². The molecule has 0 fully saturated rings. The monoisotopic (exact) mass is 351 g/mol. The fourth-order valence-corrected chi connectivity index (χ4v) is 2.53. The Bertz CT molecular complexity index is 1000. The summed E-state index contributed by atoms with van der Waals surface area (Å²) in [5.41, 5.74) is 8.28. The third-order valence-electron chi connectivity index (χ3n) is 3.95. The number of carbonyl (C=O) groups is 1. The van der Waals surface area contributed by atoms with Crippen LogP contribution in [0.4, 0.5) is 0 Å². The summed E-state index contributed by atoms with van der Waals surface area (Å²) in [6.07, 6.45) is 1.22. The molecule has 8 heteroatoms. The highest BCUT2D eigenvalue weighted by Crippen LogP contribution is 2.21. The van der Waals surface area contributed by atoms with Crippen LogP contribution in [0.15, 0.2) is 59.7 Å². The summed E-state index contributed by atoms with van der Waals surface area (Å²) in [7, 11) is 0. The SMILES string of the molecule is N=C(N)c1ccc(-c2ccc(-n3cnn(CCC(=O)O)c3=O)cc2)cc1. The molecule has 0 spiro atoms. The van der Waals surface area contributed by atoms with Crippen molar-refractivity contribution in [3.8, 4) is 16.8 Å². The second-order valence-electron chi connectivity index (χ2n) is 5.69. The highest BCUT2D eigenvalue weighted by atomic mass is 16.4. The van der Waals surface area contributed by atoms with E-state index in [0.29, 0.717) is 11.3 Å². The predicted octanol–water partition coefficient (Wildman–Crippen LogP) is 1.46. The number of aliphatic carboxylic acids is 1. The van der Waals surface area contributed by atoms with E-state index in [-0.39, 0.29) is 24.5 Å². The van der Waals surface area contributed by atoms with Gasteiger partial charge >= 0.3 is 11.7 Å². The number of nitrogens with zero attached hydrogens (tertiary/aromatic N) is 3. The van der Waals surface area contributed by atoms with Crippen LogP contribution < -0.4 is 11.4 Å². The molecule has 2 aromatic carbocycles. The summed E-state index contributed by atoms with van der Waals surface area (Å²) in [4.78, 5) is 22.9. The summed E-state index contributed by atoms with van der Waals surface area (Å²) in [6.45, 7) is 0.0295. The van der Waals surface area contributed by atoms with E-state index in [9.17, 15) is 9.59 Å². The van der Waals surface area contributed by atoms with Crippen molar-refractivity contribution >= 4 is 11.8 Å². The number of amidine groups is 1. The third kappa shape index (κ3) is 3.54. The van der Waals surface area contributed by atoms with Crippen molar-refractivity contribution in [3.05, 3.63) is 70.9 Å². The fourth-order valence-electron chi connectivity index (χ4n) is 2.53. The molecule has 0 saturated carbocycles. The van der Waals surface area contributed by atoms with Crippen molar-refractivity contribution < 1.29 is 9.90 Å². The smallest absolute Gasteiger partial charge is 0.350 e. The molecule has 8 nitrogen and oxygen atoms in total. The lowest BCUT2D eigenvalue weighted by Gasteiger charge is -2.05. The van der Waals surface area contributed by atoms with Gasteiger partial charge in [0, 0.05) is 5.56 Å². The lowest BCUT2D eigenvalue weighted by Crippen LogP contribution is -2.24. The van der Waals surface area contributed by atoms with Crippen LogP contribution in [-0.4, -0.2) is 31.3 Å². The number of hydrogen-bond donors (Lipinski definition) is 3. The molecule has 0 aliphatic carbocycles. The summed E-state index contributed by atoms with van der Waals surface area (Å²) in [5.74, 6) is -0.960. The van der Waals surface area contributed by atoms with Gasteiger partial charge in [-0.1, -0.05) is 36.4 Å². The molecule has 3 aromatic rings. The zero-order chi connectivity index (χ0) is 18.7. The Kier molecular flexibility index (Phi) is 4.66. The molecular weight excluding hydrogens is 334 g/mol. The largest absolute Gasteiger partial charge is 0.481 e. The summed E-state index contributed by atoms with van der Waals surface area (Å²) in [5, 5.41) is 20.1. The van der Waals surface area contributed by atoms with Gasteiger partial charge in [0.25, 0.3) is 0 Å². The molecule has 0 aliphatic rings. The zero-order valence-electron chi connectivity index (χ0n) is 13.8. The minimum Gasteiger partial charge on any atom is -0.481 e. The van der Waals surface area contributed by atoms with Crippen LogP contribution in [0.3, 0.4) is 0 Å². The molecule has 0 amide bonds. The Morgan fingerprint density at radius 3 is 2.19 bits per heavy atom. The van der Waals surface area contributed by atoms with Gasteiger partial charge in [0.05, 0.1) is 18.7 Å². The van der Waals surface area contributed by atoms with Gasteiger partial charge in [-0.05, 0) is 23.3 Å². The maximum Gasteiger partial charge on any atom is 0.350 e. The van der Waals surface area contributed by atoms with Crippen molar-refractivity contribution in [3.63, 3.8) is 0 Å². The van der Waals surface area contributed by atoms with Crippen molar-refractivity contribution in [2.24, 2.45) is 5.73 Å². The number of aryl methyl sites for hydroxylation is 1. The predicted molar refractivity (Wildman–Crippen MR) is 96.5 cm³/mol. The first-order chi connectivity index (χ1) is 12.5. The Balaban J connectivity index is 1.82. The van der Waals surface area contributed by atoms with E-state index in [0.717, 1.165) is 15.8 Å². The molecule has 4 N–H and O–H groups in total. The van der Waals surface area contributed by atoms with E-state index in [1.807, 2.05) is 24.3 Å². The third-order valence-corrected chi connectivity index (χ3v) is 3.95. The van der Waals surface area contributed by atoms with Crippen LogP contribution in [0, 0.1) is 5.41 Å². The second kappa shape index (κ2) is 7.06. The normalized spacial score (nSPS) is 10.6. The molecule has 0 radical (unpaired) electrons. The summed E-state index contributed by atoms with van der Waals surface area (Å²) < 4.78 is 2.49. The first-order valence-corrected chi connectivity index (χ1v) is 7.87. The number of aromatic nitrogens is 3. The molecule has 0 aliphatic heterocycles. The number of hydrogen-bond acceptors (Lipinski definition) is 4. The van der Waals surface area contributed by atoms with Gasteiger partial charge in [-0.2, -0.15) is 5.10 Å². The summed E-state index contributed by atoms with van der Waals surface area (Å²) >= 11 is 0. The lowest BCUT2D eigenvalue weighted by atomic mass is 10.0. The Morgan fingerprint density at radius 2 is 1.65 bits per heavy atom. The number of carboxylic acids is 1. The standard InChI is InChI=1S/C18H17N5O3/c19-17(20)14-3-1-12(2-4-14)13-5-7-15(8-6-13)22-11-21-23(18(22)26)10-9-16(24)25/h1-8,11H,9-10H2,(H3,19,20)(H,24,25). The first-order valence-electron chi connectivity index (χ1n) is 7.87. The number of benzene rings is 2. The van der Waals surface area contributed by atoms with Crippen LogP contribution in [0.25, 0.3) is 16.8 Å². The van der Waals surface area contributed by atoms with Gasteiger partial charge in [-0.25, -0.2) is 14.0 Å². The van der Waals surface area contributed by atoms with E-state index in [4.69, 9.17) is 16.2 Å². The van der Waals surface area contributed by atoms with Crippen molar-refractivity contribution in [1.29, 1.82) is 5.41 Å². The Hall–Kier alpha value is -3.68. The van der Waals surface area contributed by atoms with E-state index in [2.05, 4.69) is 5.10 Å². The quantitative estimate of drug-likeness (QED) is 0.458. The topological polar surface area (TPSA) is 127 Å². The van der Waals surface area contributed by atoms with Crippen LogP contribution in [0.2, 0.25) is 0 Å². The van der Waals surface area contributed by atoms with Crippen LogP contribution in [0.5, 0.6) is 0 Å². The number of nitrogens with one attached hydrogen (secondary N) is 1. The molecule has 0 bridgehead atoms. The molecule has 132 valence electrons. The minimum absolute atomic E-state index is 0.0196. The van der Waals surface area contributed by atoms with Gasteiger partial charge in [0.2, 0.25) is 0 Å². The van der Waals surface area contributed by atoms with Gasteiger partial charge < -0.3 is 10.8 Å². The van der Waals surface area contributed by atoms with Crippen LogP contribution in [0.1, 0.15) is 12.0 Å². The minimum atomic E-state index is -0.980. The van der Waals surface area contributed by atoms with Gasteiger partial charge in [0.15, 0.2) is 0 Å². The van der Waals surface area contributed by atoms with Gasteiger partial charge in [-0.3, -0.25) is 10.2 Å². The van der Waals surface area contributed by atoms with Gasteiger partial charge in [-0.15, -0.1) is 0 Å². The fraction of sp³-hybridized carbons (Fsp3) is 0.111. The maximum absolute atomic E-state index is 12.3. The molecule has 0 atom stereocenters. The van der Waals surface area contributed by atoms with E-state index < -0.39 is 5.97 Å². The average Bonchev–Trinajstić information content (AvgIpc) is 3.01. The first kappa shape index (κ1) is 17.2. The molecular formula is C18H17N5O3. The number of nitrogen functional groups attached to an aromatic ring is 1. The summed E-state index contributed by atoms with van der Waals surface area (Å²) in [6, 6.07) is 14.6. The zero-order valence-corrected chi connectivity index (χ0v) is 13.8. The van der Waals surface area contributed by atoms with Crippen molar-refractivity contribution in [2.45, 2.75) is 13.0 Å². The Morgan fingerprint density at radius 1 is 1.08 bits per heavy atom. The second-order valence-corrected chi connectivity index (χ2v) is 5.69. The van der Waals surface area contributed by atoms with Crippen molar-refractivity contribution in [1.82, 2.24) is 14.3 Å². The number of rotatable bonds is 6. The van der Waals surface area contributed by atoms with Crippen LogP contribution >= 0.6 is 0 Å². The Labute approximate surface area is 148 Å². The van der Waals surface area contributed by atoms with Crippen LogP contribution in [-0.2, 0) is 11.3 Å². The molecule has 26 heavy (non-hydrogen) atoms. The maximum atomic E-state index is 12.3. The molecule has 3 rings (SSSR count). The van der Waals surface area contributed by atoms with E-state index in [1.165, 1.54) is 10.9 Å². The molecule has 0 unspecified atom stereocenters. The molecule has 1 heterocycles. The van der Waals surface area contributed by atoms with Crippen molar-refractivity contribution in [2.75, 3.05) is 0 Å². The molecule has 1 aromatic heterocycles. The molecule has 0 saturated heterocycles. The highest BCUT2D eigenvalue weighted by Gasteiger charge is 2.09. The lowest BCUT2D eigenvalue weighted by molar-refractivity contribution is -0.137.